The van der Waals surface area contributed by atoms with Crippen LogP contribution in [-0.2, 0) is 4.79 Å². The predicted octanol–water partition coefficient (Wildman–Crippen LogP) is -0.103. The molecule has 0 saturated carbocycles. The van der Waals surface area contributed by atoms with Crippen molar-refractivity contribution in [3.05, 3.63) is 46.5 Å². The first-order valence-electron chi connectivity index (χ1n) is 5.51. The van der Waals surface area contributed by atoms with Gasteiger partial charge in [-0.1, -0.05) is 6.07 Å². The first-order valence-corrected chi connectivity index (χ1v) is 5.51. The number of pyridine rings is 1. The molecule has 7 nitrogen and oxygen atoms in total. The van der Waals surface area contributed by atoms with Gasteiger partial charge in [0.1, 0.15) is 17.3 Å². The van der Waals surface area contributed by atoms with E-state index >= 15 is 0 Å². The molecule has 19 heavy (non-hydrogen) atoms. The maximum absolute atomic E-state index is 12.0. The number of nitrogens with one attached hydrogen (secondary N) is 1. The Labute approximate surface area is 107 Å². The number of carbonyl (C=O) groups is 2. The van der Waals surface area contributed by atoms with Crippen molar-refractivity contribution in [3.8, 4) is 0 Å². The summed E-state index contributed by atoms with van der Waals surface area (Å²) in [5.41, 5.74) is -0.326. The van der Waals surface area contributed by atoms with Crippen LogP contribution in [0.3, 0.4) is 0 Å². The lowest BCUT2D eigenvalue weighted by Gasteiger charge is -2.09. The third-order valence-electron chi connectivity index (χ3n) is 2.58. The van der Waals surface area contributed by atoms with Gasteiger partial charge in [0, 0.05) is 12.4 Å². The fourth-order valence-corrected chi connectivity index (χ4v) is 1.52. The SMILES string of the molecule is CC(NC(=O)c1cnc2ccccn2c1=O)C(=O)O. The summed E-state index contributed by atoms with van der Waals surface area (Å²) in [6, 6.07) is 3.90. The summed E-state index contributed by atoms with van der Waals surface area (Å²) in [7, 11) is 0. The molecule has 0 spiro atoms. The van der Waals surface area contributed by atoms with E-state index in [1.807, 2.05) is 0 Å². The van der Waals surface area contributed by atoms with Crippen molar-refractivity contribution in [1.29, 1.82) is 0 Å². The highest BCUT2D eigenvalue weighted by Crippen LogP contribution is 1.98. The Kier molecular flexibility index (Phi) is 3.28. The Balaban J connectivity index is 2.41. The molecule has 1 amide bonds. The highest BCUT2D eigenvalue weighted by molar-refractivity contribution is 5.96. The van der Waals surface area contributed by atoms with E-state index < -0.39 is 23.5 Å². The normalized spacial score (nSPS) is 12.1. The van der Waals surface area contributed by atoms with Crippen LogP contribution in [0.4, 0.5) is 0 Å². The van der Waals surface area contributed by atoms with Crippen molar-refractivity contribution in [2.45, 2.75) is 13.0 Å². The second kappa shape index (κ2) is 4.89. The van der Waals surface area contributed by atoms with Crippen LogP contribution >= 0.6 is 0 Å². The van der Waals surface area contributed by atoms with E-state index in [0.717, 1.165) is 6.20 Å². The van der Waals surface area contributed by atoms with E-state index in [4.69, 9.17) is 5.11 Å². The van der Waals surface area contributed by atoms with Crippen LogP contribution in [0.25, 0.3) is 5.65 Å². The number of aromatic nitrogens is 2. The molecular weight excluding hydrogens is 250 g/mol. The molecule has 0 aromatic carbocycles. The van der Waals surface area contributed by atoms with Crippen LogP contribution in [0.2, 0.25) is 0 Å². The van der Waals surface area contributed by atoms with Crippen molar-refractivity contribution in [1.82, 2.24) is 14.7 Å². The van der Waals surface area contributed by atoms with E-state index in [-0.39, 0.29) is 5.56 Å². The molecule has 1 unspecified atom stereocenters. The zero-order valence-corrected chi connectivity index (χ0v) is 10.0. The third kappa shape index (κ3) is 2.44. The van der Waals surface area contributed by atoms with Gasteiger partial charge in [0.2, 0.25) is 0 Å². The van der Waals surface area contributed by atoms with Crippen molar-refractivity contribution in [2.24, 2.45) is 0 Å². The number of rotatable bonds is 3. The summed E-state index contributed by atoms with van der Waals surface area (Å²) in [4.78, 5) is 38.5. The molecule has 7 heteroatoms. The van der Waals surface area contributed by atoms with Gasteiger partial charge in [0.25, 0.3) is 11.5 Å². The fraction of sp³-hybridized carbons (Fsp3) is 0.167. The quantitative estimate of drug-likeness (QED) is 0.803. The standard InChI is InChI=1S/C12H11N3O4/c1-7(12(18)19)14-10(16)8-6-13-9-4-2-3-5-15(9)11(8)17/h2-7H,1H3,(H,14,16)(H,18,19). The molecule has 98 valence electrons. The number of amides is 1. The minimum absolute atomic E-state index is 0.197. The van der Waals surface area contributed by atoms with Crippen LogP contribution in [-0.4, -0.2) is 32.4 Å². The van der Waals surface area contributed by atoms with E-state index in [1.54, 1.807) is 18.2 Å². The first kappa shape index (κ1) is 12.7. The number of hydrogen-bond acceptors (Lipinski definition) is 4. The number of nitrogens with zero attached hydrogens (tertiary/aromatic N) is 2. The summed E-state index contributed by atoms with van der Waals surface area (Å²) >= 11 is 0. The zero-order chi connectivity index (χ0) is 14.0. The Bertz CT molecular complexity index is 707. The van der Waals surface area contributed by atoms with Gasteiger partial charge in [-0.15, -0.1) is 0 Å². The summed E-state index contributed by atoms with van der Waals surface area (Å²) in [6.45, 7) is 1.31. The smallest absolute Gasteiger partial charge is 0.325 e. The van der Waals surface area contributed by atoms with Crippen molar-refractivity contribution >= 4 is 17.5 Å². The molecule has 0 aliphatic heterocycles. The van der Waals surface area contributed by atoms with Gasteiger partial charge in [0.05, 0.1) is 0 Å². The minimum Gasteiger partial charge on any atom is -0.480 e. The highest BCUT2D eigenvalue weighted by Gasteiger charge is 2.18. The summed E-state index contributed by atoms with van der Waals surface area (Å²) in [5, 5.41) is 10.9. The number of hydrogen-bond donors (Lipinski definition) is 2. The maximum Gasteiger partial charge on any atom is 0.325 e. The maximum atomic E-state index is 12.0. The Morgan fingerprint density at radius 1 is 1.42 bits per heavy atom. The summed E-state index contributed by atoms with van der Waals surface area (Å²) < 4.78 is 1.22. The molecule has 1 atom stereocenters. The topological polar surface area (TPSA) is 101 Å². The van der Waals surface area contributed by atoms with Crippen LogP contribution in [0, 0.1) is 0 Å². The average molecular weight is 261 g/mol. The molecular formula is C12H11N3O4. The second-order valence-electron chi connectivity index (χ2n) is 3.94. The van der Waals surface area contributed by atoms with Gasteiger partial charge in [-0.2, -0.15) is 0 Å². The van der Waals surface area contributed by atoms with Gasteiger partial charge in [-0.05, 0) is 19.1 Å². The largest absolute Gasteiger partial charge is 0.480 e. The van der Waals surface area contributed by atoms with E-state index in [2.05, 4.69) is 10.3 Å². The Morgan fingerprint density at radius 2 is 2.16 bits per heavy atom. The lowest BCUT2D eigenvalue weighted by molar-refractivity contribution is -0.138. The van der Waals surface area contributed by atoms with Crippen LogP contribution in [0.5, 0.6) is 0 Å². The predicted molar refractivity (Wildman–Crippen MR) is 66.0 cm³/mol. The lowest BCUT2D eigenvalue weighted by Crippen LogP contribution is -2.41. The molecule has 2 rings (SSSR count). The fourth-order valence-electron chi connectivity index (χ4n) is 1.52. The summed E-state index contributed by atoms with van der Waals surface area (Å²) in [6.07, 6.45) is 2.63. The van der Waals surface area contributed by atoms with Crippen LogP contribution in [0.15, 0.2) is 35.4 Å². The minimum atomic E-state index is -1.18. The van der Waals surface area contributed by atoms with Crippen LogP contribution < -0.4 is 10.9 Å². The molecule has 0 aliphatic carbocycles. The molecule has 2 aromatic rings. The number of carboxylic acid groups (broad SMARTS) is 1. The van der Waals surface area contributed by atoms with Crippen molar-refractivity contribution < 1.29 is 14.7 Å². The van der Waals surface area contributed by atoms with E-state index in [9.17, 15) is 14.4 Å². The van der Waals surface area contributed by atoms with Crippen LogP contribution in [0.1, 0.15) is 17.3 Å². The van der Waals surface area contributed by atoms with E-state index in [1.165, 1.54) is 17.5 Å². The number of carbonyl (C=O) groups excluding carboxylic acids is 1. The molecule has 0 saturated heterocycles. The Hall–Kier alpha value is -2.70. The second-order valence-corrected chi connectivity index (χ2v) is 3.94. The number of fused-ring (bicyclic) bond motifs is 1. The molecule has 2 N–H and O–H groups in total. The number of carboxylic acids is 1. The highest BCUT2D eigenvalue weighted by atomic mass is 16.4. The lowest BCUT2D eigenvalue weighted by atomic mass is 10.2. The molecule has 0 radical (unpaired) electrons. The van der Waals surface area contributed by atoms with Gasteiger partial charge in [-0.25, -0.2) is 4.98 Å². The molecule has 0 bridgehead atoms. The Morgan fingerprint density at radius 3 is 2.84 bits per heavy atom. The monoisotopic (exact) mass is 261 g/mol. The van der Waals surface area contributed by atoms with Gasteiger partial charge >= 0.3 is 5.97 Å². The molecule has 2 heterocycles. The van der Waals surface area contributed by atoms with Gasteiger partial charge in [0.15, 0.2) is 0 Å². The number of aliphatic carboxylic acids is 1. The zero-order valence-electron chi connectivity index (χ0n) is 10.0. The van der Waals surface area contributed by atoms with Gasteiger partial charge in [-0.3, -0.25) is 18.8 Å². The van der Waals surface area contributed by atoms with E-state index in [0.29, 0.717) is 5.65 Å². The molecule has 2 aromatic heterocycles. The average Bonchev–Trinajstić information content (AvgIpc) is 2.39. The summed E-state index contributed by atoms with van der Waals surface area (Å²) in [5.74, 6) is -1.94. The van der Waals surface area contributed by atoms with Crippen molar-refractivity contribution in [2.75, 3.05) is 0 Å². The molecule has 0 fully saturated rings. The van der Waals surface area contributed by atoms with Gasteiger partial charge < -0.3 is 10.4 Å². The molecule has 0 aliphatic rings. The first-order chi connectivity index (χ1) is 9.00. The third-order valence-corrected chi connectivity index (χ3v) is 2.58. The van der Waals surface area contributed by atoms with Crippen molar-refractivity contribution in [3.63, 3.8) is 0 Å².